The van der Waals surface area contributed by atoms with Gasteiger partial charge in [-0.3, -0.25) is 4.79 Å². The third-order valence-corrected chi connectivity index (χ3v) is 4.87. The number of carbonyl (C=O) groups is 1. The molecule has 2 aromatic heterocycles. The quantitative estimate of drug-likeness (QED) is 0.614. The van der Waals surface area contributed by atoms with Crippen molar-refractivity contribution in [2.24, 2.45) is 0 Å². The zero-order chi connectivity index (χ0) is 23.7. The number of hydrogen-bond acceptors (Lipinski definition) is 5. The summed E-state index contributed by atoms with van der Waals surface area (Å²) >= 11 is 0. The Labute approximate surface area is 183 Å². The third kappa shape index (κ3) is 4.95. The number of fused-ring (bicyclic) bond motifs is 1. The molecule has 0 aliphatic heterocycles. The molecule has 0 saturated carbocycles. The van der Waals surface area contributed by atoms with E-state index < -0.39 is 23.2 Å². The molecule has 1 aromatic carbocycles. The average molecular weight is 450 g/mol. The van der Waals surface area contributed by atoms with E-state index in [1.807, 2.05) is 6.07 Å². The lowest BCUT2D eigenvalue weighted by molar-refractivity contribution is -0.142. The molecule has 0 atom stereocenters. The Balaban J connectivity index is 1.80. The number of nitrogens with zero attached hydrogens (tertiary/aromatic N) is 3. The van der Waals surface area contributed by atoms with Crippen LogP contribution in [0.1, 0.15) is 48.2 Å². The monoisotopic (exact) mass is 450 g/mol. The summed E-state index contributed by atoms with van der Waals surface area (Å²) in [6.07, 6.45) is -4.16. The van der Waals surface area contributed by atoms with Gasteiger partial charge in [0.1, 0.15) is 5.69 Å². The van der Waals surface area contributed by atoms with Crippen LogP contribution in [-0.2, 0) is 18.0 Å². The maximum atomic E-state index is 13.6. The number of benzene rings is 1. The van der Waals surface area contributed by atoms with Crippen LogP contribution >= 0.6 is 0 Å². The van der Waals surface area contributed by atoms with Crippen molar-refractivity contribution in [1.29, 1.82) is 0 Å². The fraction of sp³-hybridized carbons (Fsp3) is 0.409. The number of methoxy groups -OCH3 is 2. The van der Waals surface area contributed by atoms with Gasteiger partial charge in [0.2, 0.25) is 0 Å². The summed E-state index contributed by atoms with van der Waals surface area (Å²) in [4.78, 5) is 16.8. The highest BCUT2D eigenvalue weighted by Gasteiger charge is 2.36. The molecule has 172 valence electrons. The molecule has 0 bridgehead atoms. The van der Waals surface area contributed by atoms with Crippen molar-refractivity contribution >= 4 is 11.6 Å². The maximum Gasteiger partial charge on any atom is 0.433 e. The molecule has 0 spiro atoms. The lowest BCUT2D eigenvalue weighted by Gasteiger charge is -2.19. The Bertz CT molecular complexity index is 1130. The van der Waals surface area contributed by atoms with E-state index in [0.717, 1.165) is 11.6 Å². The van der Waals surface area contributed by atoms with E-state index in [9.17, 15) is 18.0 Å². The number of carbonyl (C=O) groups excluding carboxylic acids is 1. The molecule has 1 amide bonds. The fourth-order valence-corrected chi connectivity index (χ4v) is 3.12. The van der Waals surface area contributed by atoms with Gasteiger partial charge < -0.3 is 14.8 Å². The largest absolute Gasteiger partial charge is 0.493 e. The molecule has 3 aromatic rings. The zero-order valence-electron chi connectivity index (χ0n) is 18.5. The van der Waals surface area contributed by atoms with Gasteiger partial charge in [0.05, 0.1) is 19.9 Å². The number of ether oxygens (including phenoxy) is 2. The summed E-state index contributed by atoms with van der Waals surface area (Å²) in [6.45, 7) is 5.56. The maximum absolute atomic E-state index is 13.6. The van der Waals surface area contributed by atoms with E-state index in [0.29, 0.717) is 22.4 Å². The lowest BCUT2D eigenvalue weighted by Crippen LogP contribution is -2.26. The number of halogens is 3. The molecule has 10 heteroatoms. The van der Waals surface area contributed by atoms with Crippen molar-refractivity contribution in [2.45, 2.75) is 38.8 Å². The fourth-order valence-electron chi connectivity index (χ4n) is 3.12. The van der Waals surface area contributed by atoms with Crippen LogP contribution < -0.4 is 14.8 Å². The molecule has 0 aliphatic carbocycles. The normalized spacial score (nSPS) is 12.1. The highest BCUT2D eigenvalue weighted by Crippen LogP contribution is 2.32. The number of rotatable bonds is 6. The first-order chi connectivity index (χ1) is 14.9. The third-order valence-electron chi connectivity index (χ3n) is 4.87. The van der Waals surface area contributed by atoms with Gasteiger partial charge in [-0.25, -0.2) is 9.50 Å². The van der Waals surface area contributed by atoms with Crippen molar-refractivity contribution in [1.82, 2.24) is 19.9 Å². The molecule has 0 aliphatic rings. The van der Waals surface area contributed by atoms with Crippen molar-refractivity contribution in [2.75, 3.05) is 20.8 Å². The SMILES string of the molecule is COc1ccc(CCNC(=O)c2cc3nc(C(C)(C)C)cc(C(F)(F)F)n3n2)cc1OC. The molecule has 3 rings (SSSR count). The Morgan fingerprint density at radius 1 is 1.06 bits per heavy atom. The first kappa shape index (κ1) is 23.4. The van der Waals surface area contributed by atoms with Crippen LogP contribution in [0.5, 0.6) is 11.5 Å². The summed E-state index contributed by atoms with van der Waals surface area (Å²) in [5, 5.41) is 6.55. The average Bonchev–Trinajstić information content (AvgIpc) is 3.15. The second-order valence-electron chi connectivity index (χ2n) is 8.27. The minimum Gasteiger partial charge on any atom is -0.493 e. The standard InChI is InChI=1S/C22H25F3N4O3/c1-21(2,3)17-12-18(22(23,24)25)29-19(27-17)11-14(28-29)20(30)26-9-8-13-6-7-15(31-4)16(10-13)32-5/h6-7,10-12H,8-9H2,1-5H3,(H,26,30). The number of hydrogen-bond donors (Lipinski definition) is 1. The number of nitrogens with one attached hydrogen (secondary N) is 1. The smallest absolute Gasteiger partial charge is 0.433 e. The van der Waals surface area contributed by atoms with Gasteiger partial charge in [-0.2, -0.15) is 18.3 Å². The summed E-state index contributed by atoms with van der Waals surface area (Å²) in [7, 11) is 3.07. The number of amides is 1. The number of aromatic nitrogens is 3. The second-order valence-corrected chi connectivity index (χ2v) is 8.27. The summed E-state index contributed by atoms with van der Waals surface area (Å²) in [6, 6.07) is 7.62. The van der Waals surface area contributed by atoms with E-state index >= 15 is 0 Å². The van der Waals surface area contributed by atoms with Gasteiger partial charge in [0.25, 0.3) is 5.91 Å². The molecule has 7 nitrogen and oxygen atoms in total. The highest BCUT2D eigenvalue weighted by molar-refractivity contribution is 5.93. The van der Waals surface area contributed by atoms with Gasteiger partial charge in [0.15, 0.2) is 22.8 Å². The Morgan fingerprint density at radius 3 is 2.34 bits per heavy atom. The molecular formula is C22H25F3N4O3. The van der Waals surface area contributed by atoms with E-state index in [2.05, 4.69) is 15.4 Å². The Hall–Kier alpha value is -3.30. The van der Waals surface area contributed by atoms with Crippen LogP contribution in [0.15, 0.2) is 30.3 Å². The second kappa shape index (κ2) is 8.68. The predicted octanol–water partition coefficient (Wildman–Crippen LogP) is 4.04. The van der Waals surface area contributed by atoms with Crippen molar-refractivity contribution in [3.05, 3.63) is 53.0 Å². The van der Waals surface area contributed by atoms with Gasteiger partial charge in [-0.05, 0) is 30.2 Å². The lowest BCUT2D eigenvalue weighted by atomic mass is 9.91. The number of alkyl halides is 3. The molecule has 32 heavy (non-hydrogen) atoms. The van der Waals surface area contributed by atoms with E-state index in [-0.39, 0.29) is 23.6 Å². The van der Waals surface area contributed by atoms with E-state index in [1.54, 1.807) is 32.9 Å². The van der Waals surface area contributed by atoms with Crippen LogP contribution in [0.4, 0.5) is 13.2 Å². The molecule has 0 unspecified atom stereocenters. The van der Waals surface area contributed by atoms with Crippen LogP contribution in [-0.4, -0.2) is 41.3 Å². The minimum atomic E-state index is -4.64. The summed E-state index contributed by atoms with van der Waals surface area (Å²) < 4.78 is 51.9. The minimum absolute atomic E-state index is 0.0326. The van der Waals surface area contributed by atoms with Gasteiger partial charge in [-0.15, -0.1) is 0 Å². The first-order valence-corrected chi connectivity index (χ1v) is 9.91. The van der Waals surface area contributed by atoms with Gasteiger partial charge in [0, 0.05) is 18.0 Å². The Kier molecular flexibility index (Phi) is 6.34. The van der Waals surface area contributed by atoms with Gasteiger partial charge in [-0.1, -0.05) is 26.8 Å². The summed E-state index contributed by atoms with van der Waals surface area (Å²) in [5.41, 5.74) is -0.590. The molecule has 1 N–H and O–H groups in total. The topological polar surface area (TPSA) is 77.8 Å². The molecular weight excluding hydrogens is 425 g/mol. The van der Waals surface area contributed by atoms with Crippen LogP contribution in [0.25, 0.3) is 5.65 Å². The Morgan fingerprint density at radius 2 is 1.75 bits per heavy atom. The highest BCUT2D eigenvalue weighted by atomic mass is 19.4. The van der Waals surface area contributed by atoms with Crippen molar-refractivity contribution in [3.8, 4) is 11.5 Å². The zero-order valence-corrected chi connectivity index (χ0v) is 18.5. The first-order valence-electron chi connectivity index (χ1n) is 9.91. The van der Waals surface area contributed by atoms with Crippen LogP contribution in [0.2, 0.25) is 0 Å². The molecule has 2 heterocycles. The van der Waals surface area contributed by atoms with Crippen molar-refractivity contribution in [3.63, 3.8) is 0 Å². The van der Waals surface area contributed by atoms with E-state index in [1.165, 1.54) is 20.3 Å². The predicted molar refractivity (Wildman–Crippen MR) is 112 cm³/mol. The molecule has 0 fully saturated rings. The van der Waals surface area contributed by atoms with Crippen molar-refractivity contribution < 1.29 is 27.4 Å². The molecule has 0 radical (unpaired) electrons. The van der Waals surface area contributed by atoms with Gasteiger partial charge >= 0.3 is 6.18 Å². The van der Waals surface area contributed by atoms with E-state index in [4.69, 9.17) is 9.47 Å². The van der Waals surface area contributed by atoms with Crippen LogP contribution in [0, 0.1) is 0 Å². The summed E-state index contributed by atoms with van der Waals surface area (Å²) in [5.74, 6) is 0.575. The molecule has 0 saturated heterocycles. The van der Waals surface area contributed by atoms with Crippen LogP contribution in [0.3, 0.4) is 0 Å².